The highest BCUT2D eigenvalue weighted by Gasteiger charge is 2.35. The van der Waals surface area contributed by atoms with Gasteiger partial charge in [0.05, 0.1) is 0 Å². The predicted octanol–water partition coefficient (Wildman–Crippen LogP) is 10.4. The number of hydrogen-bond acceptors (Lipinski definition) is 0. The van der Waals surface area contributed by atoms with Crippen molar-refractivity contribution in [3.8, 4) is 11.1 Å². The van der Waals surface area contributed by atoms with Gasteiger partial charge < -0.3 is 0 Å². The fourth-order valence-corrected chi connectivity index (χ4v) is 8.65. The van der Waals surface area contributed by atoms with E-state index in [0.29, 0.717) is 0 Å². The van der Waals surface area contributed by atoms with E-state index in [1.807, 2.05) is 0 Å². The minimum absolute atomic E-state index is 0.168. The summed E-state index contributed by atoms with van der Waals surface area (Å²) in [7, 11) is 6.52. The van der Waals surface area contributed by atoms with Crippen LogP contribution in [-0.2, 0) is 10.3 Å². The van der Waals surface area contributed by atoms with E-state index in [4.69, 9.17) is 0 Å². The van der Waals surface area contributed by atoms with Crippen LogP contribution in [0.2, 0.25) is 0 Å². The zero-order chi connectivity index (χ0) is 26.7. The van der Waals surface area contributed by atoms with Gasteiger partial charge in [0.15, 0.2) is 0 Å². The molecule has 190 valence electrons. The van der Waals surface area contributed by atoms with Gasteiger partial charge in [-0.05, 0) is 84.3 Å². The highest BCUT2D eigenvalue weighted by Crippen LogP contribution is 2.54. The van der Waals surface area contributed by atoms with E-state index >= 15 is 0 Å². The van der Waals surface area contributed by atoms with E-state index < -0.39 is 0 Å². The molecule has 0 amide bonds. The van der Waals surface area contributed by atoms with Crippen LogP contribution in [0.1, 0.15) is 51.7 Å². The predicted molar refractivity (Wildman–Crippen MR) is 174 cm³/mol. The summed E-state index contributed by atoms with van der Waals surface area (Å²) in [6.07, 6.45) is 11.6. The molecular formula is C36H36P2. The number of benzene rings is 4. The summed E-state index contributed by atoms with van der Waals surface area (Å²) in [5.41, 5.74) is 11.0. The van der Waals surface area contributed by atoms with Crippen molar-refractivity contribution >= 4 is 40.0 Å². The van der Waals surface area contributed by atoms with Crippen molar-refractivity contribution in [2.45, 2.75) is 50.8 Å². The highest BCUT2D eigenvalue weighted by atomic mass is 31.0. The monoisotopic (exact) mass is 530 g/mol. The van der Waals surface area contributed by atoms with Crippen LogP contribution < -0.4 is 0 Å². The smallest absolute Gasteiger partial charge is 0.0323 e. The van der Waals surface area contributed by atoms with Crippen LogP contribution >= 0.6 is 18.5 Å². The van der Waals surface area contributed by atoms with Gasteiger partial charge in [0.25, 0.3) is 0 Å². The third-order valence-corrected chi connectivity index (χ3v) is 9.54. The van der Waals surface area contributed by atoms with Crippen molar-refractivity contribution in [3.63, 3.8) is 0 Å². The molecule has 2 heteroatoms. The van der Waals surface area contributed by atoms with E-state index in [1.165, 1.54) is 66.1 Å². The fraction of sp³-hybridized carbons (Fsp3) is 0.222. The Morgan fingerprint density at radius 1 is 0.526 bits per heavy atom. The first-order valence-electron chi connectivity index (χ1n) is 13.5. The summed E-state index contributed by atoms with van der Waals surface area (Å²) in [5.74, 6) is 0. The second-order valence-corrected chi connectivity index (χ2v) is 13.7. The summed E-state index contributed by atoms with van der Waals surface area (Å²) in [6.45, 7) is 8.99. The molecule has 4 aromatic rings. The topological polar surface area (TPSA) is 0 Å². The summed E-state index contributed by atoms with van der Waals surface area (Å²) < 4.78 is 0. The highest BCUT2D eigenvalue weighted by molar-refractivity contribution is 7.19. The van der Waals surface area contributed by atoms with E-state index in [9.17, 15) is 0 Å². The molecule has 0 saturated carbocycles. The van der Waals surface area contributed by atoms with Crippen molar-refractivity contribution in [3.05, 3.63) is 131 Å². The molecule has 0 nitrogen and oxygen atoms in total. The molecule has 4 unspecified atom stereocenters. The minimum atomic E-state index is -0.168. The standard InChI is InChI=1S/C36H36P2/c1-23-17-24(2)20-35(37,19-23)31-15-13-27-9-5-7-11-29(27)33(31)34-30-12-8-6-10-28(30)14-16-32(34)36(38)21-25(3)18-26(4)22-36/h5-19,21H,20,22,37-38H2,1-4H3. The van der Waals surface area contributed by atoms with Gasteiger partial charge >= 0.3 is 0 Å². The number of rotatable bonds is 3. The third-order valence-electron chi connectivity index (χ3n) is 8.17. The maximum Gasteiger partial charge on any atom is 0.0323 e. The lowest BCUT2D eigenvalue weighted by Crippen LogP contribution is -2.22. The maximum atomic E-state index is 3.26. The summed E-state index contributed by atoms with van der Waals surface area (Å²) in [5, 5.41) is 4.87. The molecular weight excluding hydrogens is 494 g/mol. The zero-order valence-electron chi connectivity index (χ0n) is 22.8. The summed E-state index contributed by atoms with van der Waals surface area (Å²) in [4.78, 5) is 0. The van der Waals surface area contributed by atoms with Gasteiger partial charge in [-0.2, -0.15) is 0 Å². The average molecular weight is 531 g/mol. The molecule has 0 radical (unpaired) electrons. The van der Waals surface area contributed by atoms with Crippen LogP contribution in [0.3, 0.4) is 0 Å². The van der Waals surface area contributed by atoms with E-state index in [2.05, 4.69) is 143 Å². The van der Waals surface area contributed by atoms with E-state index in [0.717, 1.165) is 12.8 Å². The van der Waals surface area contributed by atoms with Crippen molar-refractivity contribution in [1.82, 2.24) is 0 Å². The lowest BCUT2D eigenvalue weighted by molar-refractivity contribution is 0.733. The molecule has 0 heterocycles. The Kier molecular flexibility index (Phi) is 6.34. The van der Waals surface area contributed by atoms with Gasteiger partial charge in [-0.25, -0.2) is 0 Å². The first kappa shape index (κ1) is 25.5. The number of fused-ring (bicyclic) bond motifs is 2. The second-order valence-electron chi connectivity index (χ2n) is 11.6. The fourth-order valence-electron chi connectivity index (χ4n) is 7.00. The summed E-state index contributed by atoms with van der Waals surface area (Å²) in [6, 6.07) is 27.2. The molecule has 0 fully saturated rings. The molecule has 4 aromatic carbocycles. The Morgan fingerprint density at radius 3 is 1.32 bits per heavy atom. The van der Waals surface area contributed by atoms with Crippen molar-refractivity contribution in [2.75, 3.05) is 0 Å². The molecule has 2 aliphatic carbocycles. The maximum absolute atomic E-state index is 3.26. The lowest BCUT2D eigenvalue weighted by Gasteiger charge is -2.37. The van der Waals surface area contributed by atoms with Crippen molar-refractivity contribution < 1.29 is 0 Å². The molecule has 0 saturated heterocycles. The summed E-state index contributed by atoms with van der Waals surface area (Å²) >= 11 is 0. The molecule has 4 atom stereocenters. The van der Waals surface area contributed by atoms with Crippen LogP contribution in [0.15, 0.2) is 119 Å². The van der Waals surface area contributed by atoms with Gasteiger partial charge in [0.2, 0.25) is 0 Å². The Labute approximate surface area is 232 Å². The van der Waals surface area contributed by atoms with Crippen LogP contribution in [0, 0.1) is 0 Å². The van der Waals surface area contributed by atoms with Crippen LogP contribution in [-0.4, -0.2) is 0 Å². The van der Waals surface area contributed by atoms with Gasteiger partial charge in [0, 0.05) is 10.3 Å². The molecule has 0 bridgehead atoms. The van der Waals surface area contributed by atoms with Gasteiger partial charge in [0.1, 0.15) is 0 Å². The van der Waals surface area contributed by atoms with Crippen LogP contribution in [0.25, 0.3) is 32.7 Å². The zero-order valence-corrected chi connectivity index (χ0v) is 25.1. The first-order valence-corrected chi connectivity index (χ1v) is 14.7. The number of allylic oxidation sites excluding steroid dienone is 8. The Bertz CT molecular complexity index is 1600. The van der Waals surface area contributed by atoms with E-state index in [1.54, 1.807) is 0 Å². The van der Waals surface area contributed by atoms with Gasteiger partial charge in [-0.3, -0.25) is 0 Å². The van der Waals surface area contributed by atoms with Crippen LogP contribution in [0.5, 0.6) is 0 Å². The molecule has 0 spiro atoms. The third kappa shape index (κ3) is 4.33. The second kappa shape index (κ2) is 9.45. The largest absolute Gasteiger partial charge is 0.122 e. The average Bonchev–Trinajstić information content (AvgIpc) is 2.85. The van der Waals surface area contributed by atoms with Gasteiger partial charge in [-0.15, -0.1) is 18.5 Å². The minimum Gasteiger partial charge on any atom is -0.122 e. The quantitative estimate of drug-likeness (QED) is 0.231. The first-order chi connectivity index (χ1) is 18.2. The molecule has 38 heavy (non-hydrogen) atoms. The molecule has 0 aliphatic heterocycles. The SMILES string of the molecule is CC1=CC(P)(c2ccc3ccccc3c2-c2c(C3(P)C=C(C)C=C(C)C3)ccc3ccccc23)CC(C)=C1. The van der Waals surface area contributed by atoms with Crippen molar-refractivity contribution in [1.29, 1.82) is 0 Å². The Hall–Kier alpha value is -2.78. The molecule has 0 N–H and O–H groups in total. The van der Waals surface area contributed by atoms with Crippen molar-refractivity contribution in [2.24, 2.45) is 0 Å². The van der Waals surface area contributed by atoms with Gasteiger partial charge in [-0.1, -0.05) is 119 Å². The molecule has 0 aromatic heterocycles. The van der Waals surface area contributed by atoms with E-state index in [-0.39, 0.29) is 10.3 Å². The molecule has 6 rings (SSSR count). The number of hydrogen-bond donors (Lipinski definition) is 0. The Morgan fingerprint density at radius 2 is 0.921 bits per heavy atom. The Balaban J connectivity index is 1.77. The van der Waals surface area contributed by atoms with Crippen LogP contribution in [0.4, 0.5) is 0 Å². The molecule has 2 aliphatic rings. The normalized spacial score (nSPS) is 23.6. The lowest BCUT2D eigenvalue weighted by atomic mass is 9.75.